The second-order valence-electron chi connectivity index (χ2n) is 8.94. The van der Waals surface area contributed by atoms with Crippen molar-refractivity contribution in [3.8, 4) is 0 Å². The van der Waals surface area contributed by atoms with E-state index in [0.29, 0.717) is 31.6 Å². The molecule has 1 atom stereocenters. The van der Waals surface area contributed by atoms with Gasteiger partial charge in [-0.15, -0.1) is 0 Å². The molecule has 3 aromatic carbocycles. The van der Waals surface area contributed by atoms with Crippen molar-refractivity contribution in [1.82, 2.24) is 10.0 Å². The summed E-state index contributed by atoms with van der Waals surface area (Å²) in [6, 6.07) is 22.9. The summed E-state index contributed by atoms with van der Waals surface area (Å²) >= 11 is 0. The van der Waals surface area contributed by atoms with Crippen LogP contribution >= 0.6 is 0 Å². The number of carbonyl (C=O) groups excluding carboxylic acids is 2. The van der Waals surface area contributed by atoms with Gasteiger partial charge in [0.25, 0.3) is 0 Å². The molecule has 3 aromatic rings. The topological polar surface area (TPSA) is 108 Å². The summed E-state index contributed by atoms with van der Waals surface area (Å²) in [6.45, 7) is 3.78. The van der Waals surface area contributed by atoms with Crippen molar-refractivity contribution in [3.63, 3.8) is 0 Å². The molecule has 4 rings (SSSR count). The Kier molecular flexibility index (Phi) is 8.58. The Balaban J connectivity index is 1.47. The molecule has 0 saturated carbocycles. The third kappa shape index (κ3) is 6.96. The lowest BCUT2D eigenvalue weighted by atomic mass is 10.0. The Labute approximate surface area is 218 Å². The highest BCUT2D eigenvalue weighted by Gasteiger charge is 2.27. The first-order valence-electron chi connectivity index (χ1n) is 12.4. The monoisotopic (exact) mass is 520 g/mol. The first-order chi connectivity index (χ1) is 17.9. The zero-order chi connectivity index (χ0) is 26.3. The molecule has 0 fully saturated rings. The fraction of sp³-hybridized carbons (Fsp3) is 0.286. The van der Waals surface area contributed by atoms with Crippen LogP contribution in [0.15, 0.2) is 83.8 Å². The van der Waals surface area contributed by atoms with Crippen LogP contribution in [0.5, 0.6) is 0 Å². The van der Waals surface area contributed by atoms with Gasteiger partial charge in [-0.05, 0) is 61.2 Å². The van der Waals surface area contributed by atoms with Gasteiger partial charge in [-0.1, -0.05) is 48.5 Å². The number of nitrogens with one attached hydrogen (secondary N) is 3. The number of amides is 2. The van der Waals surface area contributed by atoms with Crippen molar-refractivity contribution < 1.29 is 18.0 Å². The van der Waals surface area contributed by atoms with E-state index in [2.05, 4.69) is 20.3 Å². The quantitative estimate of drug-likeness (QED) is 0.360. The summed E-state index contributed by atoms with van der Waals surface area (Å²) in [5.74, 6) is -0.475. The molecule has 0 bridgehead atoms. The molecule has 1 aliphatic heterocycles. The van der Waals surface area contributed by atoms with Gasteiger partial charge < -0.3 is 15.5 Å². The number of anilines is 2. The van der Waals surface area contributed by atoms with Gasteiger partial charge in [0.05, 0.1) is 4.90 Å². The van der Waals surface area contributed by atoms with E-state index in [0.717, 1.165) is 23.4 Å². The maximum atomic E-state index is 13.3. The number of para-hydroxylation sites is 1. The van der Waals surface area contributed by atoms with E-state index in [4.69, 9.17) is 0 Å². The average molecular weight is 521 g/mol. The highest BCUT2D eigenvalue weighted by molar-refractivity contribution is 7.89. The van der Waals surface area contributed by atoms with Crippen LogP contribution in [0.2, 0.25) is 0 Å². The Morgan fingerprint density at radius 3 is 2.41 bits per heavy atom. The van der Waals surface area contributed by atoms with Gasteiger partial charge in [0.1, 0.15) is 6.04 Å². The van der Waals surface area contributed by atoms with Crippen molar-refractivity contribution in [3.05, 3.63) is 90.0 Å². The van der Waals surface area contributed by atoms with E-state index in [1.165, 1.54) is 6.07 Å². The lowest BCUT2D eigenvalue weighted by Gasteiger charge is -2.24. The Morgan fingerprint density at radius 1 is 1.00 bits per heavy atom. The molecular weight excluding hydrogens is 488 g/mol. The van der Waals surface area contributed by atoms with Crippen molar-refractivity contribution >= 4 is 33.2 Å². The second-order valence-corrected chi connectivity index (χ2v) is 10.7. The minimum Gasteiger partial charge on any atom is -0.370 e. The number of hydrogen-bond acceptors (Lipinski definition) is 5. The zero-order valence-corrected chi connectivity index (χ0v) is 21.6. The number of rotatable bonds is 11. The van der Waals surface area contributed by atoms with Gasteiger partial charge in [0.2, 0.25) is 21.8 Å². The second kappa shape index (κ2) is 12.0. The van der Waals surface area contributed by atoms with Crippen LogP contribution < -0.4 is 20.3 Å². The molecule has 9 heteroatoms. The van der Waals surface area contributed by atoms with E-state index in [9.17, 15) is 18.0 Å². The van der Waals surface area contributed by atoms with Crippen LogP contribution in [0.25, 0.3) is 0 Å². The SMILES string of the molecule is CCN(CCNC(=O)[C@@H](Cc1ccccc1)NS(=O)(=O)c1ccc2c(c1)CCC(=O)N2)c1ccccc1. The molecule has 0 aliphatic carbocycles. The molecule has 8 nitrogen and oxygen atoms in total. The molecule has 37 heavy (non-hydrogen) atoms. The van der Waals surface area contributed by atoms with Gasteiger partial charge in [0, 0.05) is 37.4 Å². The maximum absolute atomic E-state index is 13.3. The average Bonchev–Trinajstić information content (AvgIpc) is 2.91. The molecular formula is C28H32N4O4S. The number of benzene rings is 3. The fourth-order valence-corrected chi connectivity index (χ4v) is 5.61. The number of sulfonamides is 1. The van der Waals surface area contributed by atoms with Crippen molar-refractivity contribution in [2.24, 2.45) is 0 Å². The molecule has 2 amide bonds. The lowest BCUT2D eigenvalue weighted by Crippen LogP contribution is -2.49. The summed E-state index contributed by atoms with van der Waals surface area (Å²) in [6.07, 6.45) is 0.984. The van der Waals surface area contributed by atoms with Crippen LogP contribution in [-0.4, -0.2) is 45.9 Å². The number of fused-ring (bicyclic) bond motifs is 1. The van der Waals surface area contributed by atoms with Gasteiger partial charge >= 0.3 is 0 Å². The standard InChI is InChI=1S/C28H32N4O4S/c1-2-32(23-11-7-4-8-12-23)18-17-29-28(34)26(19-21-9-5-3-6-10-21)31-37(35,36)24-14-15-25-22(20-24)13-16-27(33)30-25/h3-12,14-15,20,26,31H,2,13,16-19H2,1H3,(H,29,34)(H,30,33)/t26-/m1/s1. The van der Waals surface area contributed by atoms with E-state index >= 15 is 0 Å². The minimum absolute atomic E-state index is 0.0643. The minimum atomic E-state index is -3.99. The predicted molar refractivity (Wildman–Crippen MR) is 145 cm³/mol. The summed E-state index contributed by atoms with van der Waals surface area (Å²) in [5, 5.41) is 5.67. The summed E-state index contributed by atoms with van der Waals surface area (Å²) in [5.41, 5.74) is 3.28. The molecule has 3 N–H and O–H groups in total. The number of aryl methyl sites for hydroxylation is 1. The predicted octanol–water partition coefficient (Wildman–Crippen LogP) is 3.10. The molecule has 0 aromatic heterocycles. The van der Waals surface area contributed by atoms with Crippen molar-refractivity contribution in [2.75, 3.05) is 29.9 Å². The van der Waals surface area contributed by atoms with Crippen LogP contribution in [0.1, 0.15) is 24.5 Å². The smallest absolute Gasteiger partial charge is 0.241 e. The van der Waals surface area contributed by atoms with Crippen LogP contribution in [-0.2, 0) is 32.5 Å². The number of hydrogen-bond donors (Lipinski definition) is 3. The Bertz CT molecular complexity index is 1330. The van der Waals surface area contributed by atoms with Gasteiger partial charge in [-0.25, -0.2) is 8.42 Å². The summed E-state index contributed by atoms with van der Waals surface area (Å²) in [7, 11) is -3.99. The van der Waals surface area contributed by atoms with Gasteiger partial charge in [-0.2, -0.15) is 4.72 Å². The fourth-order valence-electron chi connectivity index (χ4n) is 4.37. The van der Waals surface area contributed by atoms with Crippen LogP contribution in [0.3, 0.4) is 0 Å². The molecule has 0 unspecified atom stereocenters. The third-order valence-corrected chi connectivity index (χ3v) is 7.83. The van der Waals surface area contributed by atoms with E-state index < -0.39 is 16.1 Å². The zero-order valence-electron chi connectivity index (χ0n) is 20.8. The Hall–Kier alpha value is -3.69. The molecule has 0 saturated heterocycles. The van der Waals surface area contributed by atoms with Gasteiger partial charge in [-0.3, -0.25) is 9.59 Å². The van der Waals surface area contributed by atoms with Crippen molar-refractivity contribution in [1.29, 1.82) is 0 Å². The highest BCUT2D eigenvalue weighted by Crippen LogP contribution is 2.25. The maximum Gasteiger partial charge on any atom is 0.241 e. The largest absolute Gasteiger partial charge is 0.370 e. The molecule has 0 spiro atoms. The van der Waals surface area contributed by atoms with Crippen LogP contribution in [0.4, 0.5) is 11.4 Å². The molecule has 1 aliphatic rings. The Morgan fingerprint density at radius 2 is 1.70 bits per heavy atom. The van der Waals surface area contributed by atoms with E-state index in [1.54, 1.807) is 12.1 Å². The normalized spacial score (nSPS) is 13.8. The highest BCUT2D eigenvalue weighted by atomic mass is 32.2. The first-order valence-corrected chi connectivity index (χ1v) is 13.9. The van der Waals surface area contributed by atoms with E-state index in [-0.39, 0.29) is 23.1 Å². The molecule has 1 heterocycles. The first kappa shape index (κ1) is 26.4. The number of carbonyl (C=O) groups is 2. The third-order valence-electron chi connectivity index (χ3n) is 6.36. The number of likely N-dealkylation sites (N-methyl/N-ethyl adjacent to an activating group) is 1. The summed E-state index contributed by atoms with van der Waals surface area (Å²) < 4.78 is 29.2. The van der Waals surface area contributed by atoms with Gasteiger partial charge in [0.15, 0.2) is 0 Å². The molecule has 194 valence electrons. The van der Waals surface area contributed by atoms with Crippen LogP contribution in [0, 0.1) is 0 Å². The molecule has 0 radical (unpaired) electrons. The van der Waals surface area contributed by atoms with Crippen molar-refractivity contribution in [2.45, 2.75) is 37.1 Å². The summed E-state index contributed by atoms with van der Waals surface area (Å²) in [4.78, 5) is 27.1. The lowest BCUT2D eigenvalue weighted by molar-refractivity contribution is -0.122. The number of nitrogens with zero attached hydrogens (tertiary/aromatic N) is 1. The van der Waals surface area contributed by atoms with E-state index in [1.807, 2.05) is 67.6 Å².